The third-order valence-electron chi connectivity index (χ3n) is 4.76. The molecule has 3 N–H and O–H groups in total. The Balaban J connectivity index is 1.77. The second-order valence-corrected chi connectivity index (χ2v) is 8.87. The van der Waals surface area contributed by atoms with Gasteiger partial charge in [-0.25, -0.2) is 9.78 Å². The first-order valence-electron chi connectivity index (χ1n) is 9.13. The lowest BCUT2D eigenvalue weighted by molar-refractivity contribution is 0.0697. The van der Waals surface area contributed by atoms with Crippen molar-refractivity contribution in [1.29, 1.82) is 0 Å². The number of hydrogen-bond donors (Lipinski definition) is 2. The fraction of sp³-hybridized carbons (Fsp3) is 0. The summed E-state index contributed by atoms with van der Waals surface area (Å²) in [6.07, 6.45) is 0. The lowest BCUT2D eigenvalue weighted by Gasteiger charge is -2.11. The summed E-state index contributed by atoms with van der Waals surface area (Å²) in [5.74, 6) is -1.77. The summed E-state index contributed by atoms with van der Waals surface area (Å²) < 4.78 is 0. The number of carboxylic acids is 1. The number of aromatic nitrogens is 1. The van der Waals surface area contributed by atoms with Crippen LogP contribution in [0.25, 0.3) is 33.0 Å². The summed E-state index contributed by atoms with van der Waals surface area (Å²) in [6.45, 7) is 0. The zero-order valence-corrected chi connectivity index (χ0v) is 19.2. The van der Waals surface area contributed by atoms with Gasteiger partial charge in [0, 0.05) is 32.7 Å². The van der Waals surface area contributed by atoms with E-state index in [2.05, 4.69) is 4.98 Å². The van der Waals surface area contributed by atoms with Crippen LogP contribution in [0.4, 0.5) is 0 Å². The van der Waals surface area contributed by atoms with Crippen LogP contribution in [0.5, 0.6) is 0 Å². The average Bonchev–Trinajstić information content (AvgIpc) is 3.26. The van der Waals surface area contributed by atoms with Gasteiger partial charge in [-0.05, 0) is 42.0 Å². The molecule has 9 heteroatoms. The Morgan fingerprint density at radius 1 is 0.844 bits per heavy atom. The van der Waals surface area contributed by atoms with Crippen LogP contribution in [-0.4, -0.2) is 22.0 Å². The molecule has 0 fully saturated rings. The summed E-state index contributed by atoms with van der Waals surface area (Å²) in [7, 11) is 0. The summed E-state index contributed by atoms with van der Waals surface area (Å²) in [5, 5.41) is 13.5. The van der Waals surface area contributed by atoms with Crippen LogP contribution in [0.3, 0.4) is 0 Å². The van der Waals surface area contributed by atoms with Gasteiger partial charge >= 0.3 is 5.97 Å². The Labute approximate surface area is 202 Å². The van der Waals surface area contributed by atoms with Crippen LogP contribution in [0.15, 0.2) is 60.0 Å². The minimum atomic E-state index is -1.14. The predicted octanol–water partition coefficient (Wildman–Crippen LogP) is 6.90. The van der Waals surface area contributed by atoms with Crippen LogP contribution in [0, 0.1) is 0 Å². The molecule has 32 heavy (non-hydrogen) atoms. The number of thiazole rings is 1. The number of benzene rings is 3. The van der Waals surface area contributed by atoms with Crippen molar-refractivity contribution in [3.63, 3.8) is 0 Å². The molecule has 0 aliphatic heterocycles. The molecule has 5 nitrogen and oxygen atoms in total. The molecule has 4 aromatic rings. The number of rotatable bonds is 5. The summed E-state index contributed by atoms with van der Waals surface area (Å²) in [4.78, 5) is 28.2. The highest BCUT2D eigenvalue weighted by molar-refractivity contribution is 7.13. The van der Waals surface area contributed by atoms with E-state index in [1.165, 1.54) is 35.6 Å². The van der Waals surface area contributed by atoms with E-state index in [4.69, 9.17) is 40.5 Å². The lowest BCUT2D eigenvalue weighted by Crippen LogP contribution is -2.11. The summed E-state index contributed by atoms with van der Waals surface area (Å²) in [6, 6.07) is 14.6. The minimum Gasteiger partial charge on any atom is -0.478 e. The van der Waals surface area contributed by atoms with E-state index in [0.717, 1.165) is 5.56 Å². The highest BCUT2D eigenvalue weighted by atomic mass is 35.5. The van der Waals surface area contributed by atoms with Gasteiger partial charge in [0.2, 0.25) is 5.91 Å². The highest BCUT2D eigenvalue weighted by Crippen LogP contribution is 2.36. The quantitative estimate of drug-likeness (QED) is 0.310. The van der Waals surface area contributed by atoms with Gasteiger partial charge in [-0.1, -0.05) is 53.0 Å². The van der Waals surface area contributed by atoms with Crippen LogP contribution in [-0.2, 0) is 0 Å². The lowest BCUT2D eigenvalue weighted by atomic mass is 9.96. The maximum Gasteiger partial charge on any atom is 0.336 e. The first-order valence-corrected chi connectivity index (χ1v) is 11.1. The molecule has 1 amide bonds. The van der Waals surface area contributed by atoms with E-state index >= 15 is 0 Å². The van der Waals surface area contributed by atoms with Crippen molar-refractivity contribution in [2.75, 3.05) is 0 Å². The van der Waals surface area contributed by atoms with Gasteiger partial charge in [-0.3, -0.25) is 4.79 Å². The van der Waals surface area contributed by atoms with Crippen LogP contribution in [0.1, 0.15) is 20.7 Å². The van der Waals surface area contributed by atoms with Crippen molar-refractivity contribution in [2.24, 2.45) is 5.73 Å². The third-order valence-corrected chi connectivity index (χ3v) is 6.72. The van der Waals surface area contributed by atoms with Gasteiger partial charge < -0.3 is 10.8 Å². The molecule has 0 bridgehead atoms. The first-order chi connectivity index (χ1) is 15.2. The van der Waals surface area contributed by atoms with Crippen molar-refractivity contribution < 1.29 is 14.7 Å². The summed E-state index contributed by atoms with van der Waals surface area (Å²) in [5.41, 5.74) is 8.51. The number of carbonyl (C=O) groups is 2. The number of halogens is 3. The molecule has 0 aliphatic rings. The molecule has 0 unspecified atom stereocenters. The van der Waals surface area contributed by atoms with Gasteiger partial charge in [-0.2, -0.15) is 0 Å². The minimum absolute atomic E-state index is 0.0253. The SMILES string of the molecule is NC(=O)c1ccc(Cl)c(-c2ccc(-c3nc(-c4ccc(Cl)c(Cl)c4)cs3)cc2C(=O)O)c1. The molecular formula is C23H13Cl3N2O3S. The number of nitrogens with two attached hydrogens (primary N) is 1. The molecule has 1 heterocycles. The molecular weight excluding hydrogens is 491 g/mol. The van der Waals surface area contributed by atoms with E-state index in [0.29, 0.717) is 42.5 Å². The molecule has 0 saturated carbocycles. The van der Waals surface area contributed by atoms with Crippen molar-refractivity contribution in [3.8, 4) is 33.0 Å². The zero-order chi connectivity index (χ0) is 23.0. The van der Waals surface area contributed by atoms with E-state index in [-0.39, 0.29) is 11.1 Å². The Kier molecular flexibility index (Phi) is 6.22. The molecule has 1 aromatic heterocycles. The largest absolute Gasteiger partial charge is 0.478 e. The molecule has 0 spiro atoms. The Morgan fingerprint density at radius 3 is 2.25 bits per heavy atom. The number of primary amides is 1. The predicted molar refractivity (Wildman–Crippen MR) is 129 cm³/mol. The average molecular weight is 504 g/mol. The second-order valence-electron chi connectivity index (χ2n) is 6.79. The molecule has 3 aromatic carbocycles. The first kappa shape index (κ1) is 22.3. The van der Waals surface area contributed by atoms with Crippen molar-refractivity contribution in [3.05, 3.63) is 86.2 Å². The topological polar surface area (TPSA) is 93.3 Å². The van der Waals surface area contributed by atoms with Gasteiger partial charge in [0.05, 0.1) is 21.3 Å². The fourth-order valence-electron chi connectivity index (χ4n) is 3.17. The monoisotopic (exact) mass is 502 g/mol. The Hall–Kier alpha value is -2.90. The number of nitrogens with zero attached hydrogens (tertiary/aromatic N) is 1. The van der Waals surface area contributed by atoms with Crippen molar-refractivity contribution >= 4 is 58.0 Å². The summed E-state index contributed by atoms with van der Waals surface area (Å²) >= 11 is 19.7. The van der Waals surface area contributed by atoms with E-state index < -0.39 is 11.9 Å². The Morgan fingerprint density at radius 2 is 1.56 bits per heavy atom. The second kappa shape index (κ2) is 8.92. The normalized spacial score (nSPS) is 10.8. The van der Waals surface area contributed by atoms with Crippen LogP contribution in [0.2, 0.25) is 15.1 Å². The maximum absolute atomic E-state index is 12.0. The van der Waals surface area contributed by atoms with Crippen LogP contribution >= 0.6 is 46.1 Å². The number of carbonyl (C=O) groups excluding carboxylic acids is 1. The number of aromatic carboxylic acids is 1. The fourth-order valence-corrected chi connectivity index (χ4v) is 4.51. The maximum atomic E-state index is 12.0. The van der Waals surface area contributed by atoms with E-state index in [9.17, 15) is 14.7 Å². The molecule has 0 aliphatic carbocycles. The van der Waals surface area contributed by atoms with Crippen LogP contribution < -0.4 is 5.73 Å². The van der Waals surface area contributed by atoms with Gasteiger partial charge in [-0.15, -0.1) is 11.3 Å². The van der Waals surface area contributed by atoms with Gasteiger partial charge in [0.25, 0.3) is 0 Å². The van der Waals surface area contributed by atoms with Crippen molar-refractivity contribution in [2.45, 2.75) is 0 Å². The Bertz CT molecular complexity index is 1380. The molecule has 160 valence electrons. The number of carboxylic acid groups (broad SMARTS) is 1. The van der Waals surface area contributed by atoms with Gasteiger partial charge in [0.15, 0.2) is 0 Å². The molecule has 4 rings (SSSR count). The van der Waals surface area contributed by atoms with E-state index in [1.807, 2.05) is 11.4 Å². The van der Waals surface area contributed by atoms with Gasteiger partial charge in [0.1, 0.15) is 5.01 Å². The zero-order valence-electron chi connectivity index (χ0n) is 16.1. The smallest absolute Gasteiger partial charge is 0.336 e. The molecule has 0 atom stereocenters. The van der Waals surface area contributed by atoms with E-state index in [1.54, 1.807) is 24.3 Å². The standard InChI is InChI=1S/C23H13Cl3N2O3S/c24-17-5-3-12(21(27)29)7-15(17)14-4-1-13(8-16(14)23(30)31)22-28-20(10-32-22)11-2-6-18(25)19(26)9-11/h1-10H,(H2,27,29)(H,30,31). The number of hydrogen-bond acceptors (Lipinski definition) is 4. The third kappa shape index (κ3) is 4.36. The number of amides is 1. The molecule has 0 saturated heterocycles. The molecule has 0 radical (unpaired) electrons. The highest BCUT2D eigenvalue weighted by Gasteiger charge is 2.18. The van der Waals surface area contributed by atoms with Crippen molar-refractivity contribution in [1.82, 2.24) is 4.98 Å².